The summed E-state index contributed by atoms with van der Waals surface area (Å²) in [7, 11) is -3.67. The van der Waals surface area contributed by atoms with Gasteiger partial charge in [-0.2, -0.15) is 4.31 Å². The van der Waals surface area contributed by atoms with Crippen LogP contribution in [0, 0.1) is 20.8 Å². The number of nitrogens with one attached hydrogen (secondary N) is 1. The van der Waals surface area contributed by atoms with Crippen molar-refractivity contribution in [1.29, 1.82) is 0 Å². The first-order valence-electron chi connectivity index (χ1n) is 12.0. The summed E-state index contributed by atoms with van der Waals surface area (Å²) in [5.41, 5.74) is 4.25. The Morgan fingerprint density at radius 1 is 1.06 bits per heavy atom. The van der Waals surface area contributed by atoms with Crippen molar-refractivity contribution in [1.82, 2.24) is 4.31 Å². The van der Waals surface area contributed by atoms with Crippen LogP contribution in [0.5, 0.6) is 0 Å². The number of hydrogen-bond acceptors (Lipinski definition) is 5. The Morgan fingerprint density at radius 2 is 1.71 bits per heavy atom. The third-order valence-corrected chi connectivity index (χ3v) is 9.57. The molecule has 35 heavy (non-hydrogen) atoms. The summed E-state index contributed by atoms with van der Waals surface area (Å²) in [6, 6.07) is 8.97. The van der Waals surface area contributed by atoms with Gasteiger partial charge in [-0.05, 0) is 62.9 Å². The maximum absolute atomic E-state index is 13.3. The van der Waals surface area contributed by atoms with Crippen LogP contribution in [0.4, 0.5) is 11.4 Å². The molecule has 2 aromatic rings. The van der Waals surface area contributed by atoms with Gasteiger partial charge in [-0.1, -0.05) is 31.0 Å². The second-order valence-electron chi connectivity index (χ2n) is 9.53. The monoisotopic (exact) mass is 515 g/mol. The topological polar surface area (TPSA) is 86.8 Å². The largest absolute Gasteiger partial charge is 0.324 e. The lowest BCUT2D eigenvalue weighted by molar-refractivity contribution is -0.121. The predicted octanol–water partition coefficient (Wildman–Crippen LogP) is 4.64. The fraction of sp³-hybridized carbons (Fsp3) is 0.462. The zero-order valence-corrected chi connectivity index (χ0v) is 22.4. The van der Waals surface area contributed by atoms with Gasteiger partial charge >= 0.3 is 0 Å². The van der Waals surface area contributed by atoms with Crippen molar-refractivity contribution in [2.24, 2.45) is 0 Å². The summed E-state index contributed by atoms with van der Waals surface area (Å²) in [6.45, 7) is 8.69. The maximum Gasteiger partial charge on any atom is 0.244 e. The summed E-state index contributed by atoms with van der Waals surface area (Å²) >= 11 is 1.53. The molecule has 2 amide bonds. The highest BCUT2D eigenvalue weighted by Gasteiger charge is 2.32. The van der Waals surface area contributed by atoms with E-state index in [0.29, 0.717) is 18.8 Å². The molecular formula is C26H33N3O4S2. The Kier molecular flexibility index (Phi) is 7.59. The number of piperidine rings is 1. The fourth-order valence-corrected chi connectivity index (χ4v) is 7.48. The van der Waals surface area contributed by atoms with Crippen molar-refractivity contribution < 1.29 is 18.0 Å². The fourth-order valence-electron chi connectivity index (χ4n) is 4.84. The number of rotatable bonds is 5. The zero-order valence-electron chi connectivity index (χ0n) is 20.8. The summed E-state index contributed by atoms with van der Waals surface area (Å²) in [5, 5.41) is 2.98. The van der Waals surface area contributed by atoms with Crippen LogP contribution in [0.3, 0.4) is 0 Å². The number of amides is 2. The van der Waals surface area contributed by atoms with E-state index in [1.165, 1.54) is 21.0 Å². The molecule has 0 spiro atoms. The Hall–Kier alpha value is -2.36. The van der Waals surface area contributed by atoms with Gasteiger partial charge in [0.1, 0.15) is 6.54 Å². The van der Waals surface area contributed by atoms with Gasteiger partial charge in [-0.25, -0.2) is 8.42 Å². The van der Waals surface area contributed by atoms with Gasteiger partial charge in [0.05, 0.1) is 10.6 Å². The number of aryl methyl sites for hydroxylation is 3. The molecule has 0 bridgehead atoms. The molecule has 2 heterocycles. The second-order valence-corrected chi connectivity index (χ2v) is 12.9. The van der Waals surface area contributed by atoms with E-state index in [1.807, 2.05) is 39.8 Å². The predicted molar refractivity (Wildman–Crippen MR) is 141 cm³/mol. The average molecular weight is 516 g/mol. The van der Waals surface area contributed by atoms with E-state index in [9.17, 15) is 18.0 Å². The van der Waals surface area contributed by atoms with Gasteiger partial charge in [0.2, 0.25) is 21.8 Å². The second kappa shape index (κ2) is 10.3. The first kappa shape index (κ1) is 25.7. The lowest BCUT2D eigenvalue weighted by atomic mass is 10.1. The van der Waals surface area contributed by atoms with Crippen molar-refractivity contribution in [2.45, 2.75) is 68.4 Å². The molecule has 1 atom stereocenters. The van der Waals surface area contributed by atoms with Crippen LogP contribution in [0.2, 0.25) is 0 Å². The van der Waals surface area contributed by atoms with E-state index >= 15 is 0 Å². The van der Waals surface area contributed by atoms with E-state index in [0.717, 1.165) is 46.5 Å². The number of carbonyl (C=O) groups is 2. The van der Waals surface area contributed by atoms with Gasteiger partial charge in [-0.3, -0.25) is 9.59 Å². The van der Waals surface area contributed by atoms with Crippen LogP contribution in [0.25, 0.3) is 0 Å². The average Bonchev–Trinajstić information content (AvgIpc) is 2.91. The molecule has 0 radical (unpaired) electrons. The molecule has 7 nitrogen and oxygen atoms in total. The standard InChI is InChI=1S/C26H33N3O4S2/c1-17-12-18(2)26(19(3)13-17)27-24(30)16-29-22-15-21(35(32,33)28-10-6-5-7-11-28)8-9-23(22)34-20(4)14-25(29)31/h8-9,12-13,15,20H,5-7,10-11,14,16H2,1-4H3,(H,27,30)/t20-/m0/s1. The van der Waals surface area contributed by atoms with Crippen molar-refractivity contribution in [3.8, 4) is 0 Å². The molecule has 9 heteroatoms. The number of benzene rings is 2. The molecule has 2 aliphatic rings. The van der Waals surface area contributed by atoms with Crippen molar-refractivity contribution in [2.75, 3.05) is 29.9 Å². The molecule has 1 N–H and O–H groups in total. The third-order valence-electron chi connectivity index (χ3n) is 6.51. The SMILES string of the molecule is Cc1cc(C)c(NC(=O)CN2C(=O)C[C@H](C)Sc3ccc(S(=O)(=O)N4CCCCC4)cc32)c(C)c1. The highest BCUT2D eigenvalue weighted by atomic mass is 32.2. The van der Waals surface area contributed by atoms with E-state index in [4.69, 9.17) is 0 Å². The molecule has 0 saturated carbocycles. The zero-order chi connectivity index (χ0) is 25.3. The van der Waals surface area contributed by atoms with Crippen LogP contribution in [-0.2, 0) is 19.6 Å². The Bertz CT molecular complexity index is 1230. The summed E-state index contributed by atoms with van der Waals surface area (Å²) in [6.07, 6.45) is 2.99. The molecule has 0 aromatic heterocycles. The van der Waals surface area contributed by atoms with Crippen molar-refractivity contribution in [3.05, 3.63) is 47.0 Å². The third kappa shape index (κ3) is 5.57. The highest BCUT2D eigenvalue weighted by molar-refractivity contribution is 8.00. The highest BCUT2D eigenvalue weighted by Crippen LogP contribution is 2.40. The van der Waals surface area contributed by atoms with E-state index < -0.39 is 10.0 Å². The van der Waals surface area contributed by atoms with Crippen LogP contribution >= 0.6 is 11.8 Å². The molecular weight excluding hydrogens is 482 g/mol. The number of carbonyl (C=O) groups excluding carboxylic acids is 2. The minimum atomic E-state index is -3.67. The Labute approximate surface area is 212 Å². The minimum Gasteiger partial charge on any atom is -0.324 e. The van der Waals surface area contributed by atoms with Gasteiger partial charge in [0, 0.05) is 35.3 Å². The molecule has 0 aliphatic carbocycles. The number of thioether (sulfide) groups is 1. The number of anilines is 2. The lowest BCUT2D eigenvalue weighted by Crippen LogP contribution is -2.39. The van der Waals surface area contributed by atoms with Gasteiger partial charge in [0.25, 0.3) is 0 Å². The summed E-state index contributed by atoms with van der Waals surface area (Å²) in [5.74, 6) is -0.507. The van der Waals surface area contributed by atoms with Crippen LogP contribution < -0.4 is 10.2 Å². The lowest BCUT2D eigenvalue weighted by Gasteiger charge is -2.27. The quantitative estimate of drug-likeness (QED) is 0.627. The number of hydrogen-bond donors (Lipinski definition) is 1. The molecule has 0 unspecified atom stereocenters. The van der Waals surface area contributed by atoms with E-state index in [2.05, 4.69) is 5.32 Å². The number of sulfonamides is 1. The first-order chi connectivity index (χ1) is 16.6. The van der Waals surface area contributed by atoms with Crippen molar-refractivity contribution >= 4 is 45.0 Å². The van der Waals surface area contributed by atoms with E-state index in [-0.39, 0.29) is 34.9 Å². The van der Waals surface area contributed by atoms with Gasteiger partial charge in [-0.15, -0.1) is 11.8 Å². The summed E-state index contributed by atoms with van der Waals surface area (Å²) in [4.78, 5) is 28.7. The van der Waals surface area contributed by atoms with Crippen LogP contribution in [-0.4, -0.2) is 49.4 Å². The normalized spacial score (nSPS) is 19.3. The molecule has 2 aromatic carbocycles. The maximum atomic E-state index is 13.3. The Balaban J connectivity index is 1.66. The van der Waals surface area contributed by atoms with Gasteiger partial charge < -0.3 is 10.2 Å². The number of nitrogens with zero attached hydrogens (tertiary/aromatic N) is 2. The van der Waals surface area contributed by atoms with Crippen LogP contribution in [0.1, 0.15) is 49.3 Å². The molecule has 4 rings (SSSR count). The number of fused-ring (bicyclic) bond motifs is 1. The summed E-state index contributed by atoms with van der Waals surface area (Å²) < 4.78 is 28.1. The van der Waals surface area contributed by atoms with Gasteiger partial charge in [0.15, 0.2) is 0 Å². The van der Waals surface area contributed by atoms with Crippen LogP contribution in [0.15, 0.2) is 40.1 Å². The molecule has 1 saturated heterocycles. The smallest absolute Gasteiger partial charge is 0.244 e. The Morgan fingerprint density at radius 3 is 2.37 bits per heavy atom. The molecule has 2 aliphatic heterocycles. The van der Waals surface area contributed by atoms with E-state index in [1.54, 1.807) is 18.2 Å². The first-order valence-corrected chi connectivity index (χ1v) is 14.4. The van der Waals surface area contributed by atoms with Crippen molar-refractivity contribution in [3.63, 3.8) is 0 Å². The molecule has 188 valence electrons. The minimum absolute atomic E-state index is 0.0143. The molecule has 1 fully saturated rings.